The largest absolute Gasteiger partial charge is 0.463 e. The standard InChI is InChI=1S/C22H18N6O2S/c1-13-19-15(12-16(17-9-6-10-30-17)23-20(19)28(2)27-13)21(29)24-22-26-25-18(31-22)11-14-7-4-3-5-8-14/h3-10,12H,11H2,1-2H3,(H,24,26,29). The predicted molar refractivity (Wildman–Crippen MR) is 118 cm³/mol. The van der Waals surface area contributed by atoms with Crippen LogP contribution in [0.1, 0.15) is 26.6 Å². The molecule has 1 amide bonds. The summed E-state index contributed by atoms with van der Waals surface area (Å²) < 4.78 is 7.15. The molecule has 31 heavy (non-hydrogen) atoms. The van der Waals surface area contributed by atoms with Gasteiger partial charge in [-0.3, -0.25) is 14.8 Å². The van der Waals surface area contributed by atoms with Crippen LogP contribution in [0, 0.1) is 6.92 Å². The lowest BCUT2D eigenvalue weighted by Gasteiger charge is -2.06. The molecule has 0 spiro atoms. The van der Waals surface area contributed by atoms with Crippen LogP contribution in [-0.4, -0.2) is 30.9 Å². The molecule has 0 aliphatic rings. The Morgan fingerprint density at radius 2 is 2.00 bits per heavy atom. The van der Waals surface area contributed by atoms with Gasteiger partial charge in [0.1, 0.15) is 10.7 Å². The molecule has 5 aromatic rings. The fourth-order valence-electron chi connectivity index (χ4n) is 3.48. The fraction of sp³-hybridized carbons (Fsp3) is 0.136. The molecule has 1 N–H and O–H groups in total. The Labute approximate surface area is 181 Å². The number of carbonyl (C=O) groups is 1. The normalized spacial score (nSPS) is 11.2. The number of furan rings is 1. The van der Waals surface area contributed by atoms with Crippen LogP contribution in [0.5, 0.6) is 0 Å². The zero-order valence-corrected chi connectivity index (χ0v) is 17.7. The molecule has 4 heterocycles. The molecule has 4 aromatic heterocycles. The lowest BCUT2D eigenvalue weighted by molar-refractivity contribution is 0.102. The number of nitrogens with zero attached hydrogens (tertiary/aromatic N) is 5. The van der Waals surface area contributed by atoms with E-state index < -0.39 is 0 Å². The SMILES string of the molecule is Cc1nn(C)c2nc(-c3ccco3)cc(C(=O)Nc3nnc(Cc4ccccc4)s3)c12. The van der Waals surface area contributed by atoms with Gasteiger partial charge < -0.3 is 4.42 Å². The molecule has 0 saturated heterocycles. The van der Waals surface area contributed by atoms with Gasteiger partial charge in [0.05, 0.1) is 22.9 Å². The summed E-state index contributed by atoms with van der Waals surface area (Å²) >= 11 is 1.36. The second-order valence-electron chi connectivity index (χ2n) is 7.06. The van der Waals surface area contributed by atoms with Crippen molar-refractivity contribution >= 4 is 33.4 Å². The van der Waals surface area contributed by atoms with E-state index in [1.54, 1.807) is 36.2 Å². The lowest BCUT2D eigenvalue weighted by atomic mass is 10.1. The molecule has 0 saturated carbocycles. The number of fused-ring (bicyclic) bond motifs is 1. The summed E-state index contributed by atoms with van der Waals surface area (Å²) in [4.78, 5) is 17.9. The maximum atomic E-state index is 13.2. The molecule has 0 aliphatic carbocycles. The van der Waals surface area contributed by atoms with Gasteiger partial charge in [0, 0.05) is 13.5 Å². The Hall–Kier alpha value is -3.85. The second-order valence-corrected chi connectivity index (χ2v) is 8.12. The molecule has 0 radical (unpaired) electrons. The van der Waals surface area contributed by atoms with Gasteiger partial charge in [-0.25, -0.2) is 4.98 Å². The monoisotopic (exact) mass is 430 g/mol. The third-order valence-electron chi connectivity index (χ3n) is 4.87. The van der Waals surface area contributed by atoms with Crippen LogP contribution in [0.4, 0.5) is 5.13 Å². The fourth-order valence-corrected chi connectivity index (χ4v) is 4.25. The minimum Gasteiger partial charge on any atom is -0.463 e. The molecule has 8 nitrogen and oxygen atoms in total. The number of benzene rings is 1. The number of hydrogen-bond donors (Lipinski definition) is 1. The van der Waals surface area contributed by atoms with Crippen LogP contribution in [-0.2, 0) is 13.5 Å². The van der Waals surface area contributed by atoms with Gasteiger partial charge in [-0.1, -0.05) is 41.7 Å². The maximum Gasteiger partial charge on any atom is 0.258 e. The van der Waals surface area contributed by atoms with E-state index in [9.17, 15) is 4.79 Å². The first-order valence-electron chi connectivity index (χ1n) is 9.64. The van der Waals surface area contributed by atoms with Crippen molar-refractivity contribution in [1.82, 2.24) is 25.0 Å². The number of rotatable bonds is 5. The highest BCUT2D eigenvalue weighted by molar-refractivity contribution is 7.15. The van der Waals surface area contributed by atoms with Gasteiger partial charge in [-0.15, -0.1) is 10.2 Å². The number of amides is 1. The first-order valence-corrected chi connectivity index (χ1v) is 10.5. The first-order chi connectivity index (χ1) is 15.1. The zero-order chi connectivity index (χ0) is 21.4. The number of carbonyl (C=O) groups excluding carboxylic acids is 1. The van der Waals surface area contributed by atoms with Gasteiger partial charge in [-0.2, -0.15) is 5.10 Å². The average Bonchev–Trinajstić information content (AvgIpc) is 3.51. The van der Waals surface area contributed by atoms with Gasteiger partial charge in [-0.05, 0) is 30.7 Å². The number of pyridine rings is 1. The van der Waals surface area contributed by atoms with Crippen molar-refractivity contribution in [3.63, 3.8) is 0 Å². The van der Waals surface area contributed by atoms with Crippen molar-refractivity contribution in [2.75, 3.05) is 5.32 Å². The minimum absolute atomic E-state index is 0.293. The smallest absolute Gasteiger partial charge is 0.258 e. The summed E-state index contributed by atoms with van der Waals surface area (Å²) in [6, 6.07) is 15.3. The predicted octanol–water partition coefficient (Wildman–Crippen LogP) is 4.23. The highest BCUT2D eigenvalue weighted by Crippen LogP contribution is 2.28. The van der Waals surface area contributed by atoms with E-state index >= 15 is 0 Å². The van der Waals surface area contributed by atoms with E-state index in [0.29, 0.717) is 39.6 Å². The van der Waals surface area contributed by atoms with E-state index in [4.69, 9.17) is 4.42 Å². The molecule has 5 rings (SSSR count). The Morgan fingerprint density at radius 3 is 2.77 bits per heavy atom. The molecule has 9 heteroatoms. The van der Waals surface area contributed by atoms with Crippen LogP contribution in [0.25, 0.3) is 22.5 Å². The highest BCUT2D eigenvalue weighted by atomic mass is 32.1. The minimum atomic E-state index is -0.293. The molecular weight excluding hydrogens is 412 g/mol. The Morgan fingerprint density at radius 1 is 1.16 bits per heavy atom. The molecule has 0 bridgehead atoms. The van der Waals surface area contributed by atoms with E-state index in [1.807, 2.05) is 37.3 Å². The van der Waals surface area contributed by atoms with Crippen molar-refractivity contribution in [1.29, 1.82) is 0 Å². The number of anilines is 1. The van der Waals surface area contributed by atoms with Crippen molar-refractivity contribution in [2.45, 2.75) is 13.3 Å². The van der Waals surface area contributed by atoms with E-state index in [1.165, 1.54) is 11.3 Å². The van der Waals surface area contributed by atoms with Crippen LogP contribution in [0.2, 0.25) is 0 Å². The summed E-state index contributed by atoms with van der Waals surface area (Å²) in [7, 11) is 1.80. The molecular formula is C22H18N6O2S. The maximum absolute atomic E-state index is 13.2. The van der Waals surface area contributed by atoms with Crippen LogP contribution in [0.3, 0.4) is 0 Å². The number of nitrogens with one attached hydrogen (secondary N) is 1. The average molecular weight is 430 g/mol. The summed E-state index contributed by atoms with van der Waals surface area (Å²) in [5.74, 6) is 0.287. The molecule has 0 fully saturated rings. The third-order valence-corrected chi connectivity index (χ3v) is 5.71. The topological polar surface area (TPSA) is 98.7 Å². The van der Waals surface area contributed by atoms with E-state index in [0.717, 1.165) is 16.3 Å². The Bertz CT molecular complexity index is 1370. The van der Waals surface area contributed by atoms with Crippen LogP contribution in [0.15, 0.2) is 59.2 Å². The van der Waals surface area contributed by atoms with Gasteiger partial charge in [0.2, 0.25) is 5.13 Å². The second kappa shape index (κ2) is 7.77. The van der Waals surface area contributed by atoms with E-state index in [2.05, 4.69) is 25.6 Å². The van der Waals surface area contributed by atoms with Crippen molar-refractivity contribution < 1.29 is 9.21 Å². The number of aryl methyl sites for hydroxylation is 2. The Balaban J connectivity index is 1.47. The first kappa shape index (κ1) is 19.1. The number of hydrogen-bond acceptors (Lipinski definition) is 7. The van der Waals surface area contributed by atoms with Crippen molar-refractivity contribution in [3.05, 3.63) is 76.6 Å². The van der Waals surface area contributed by atoms with Gasteiger partial charge in [0.15, 0.2) is 11.4 Å². The molecule has 0 atom stereocenters. The molecule has 0 unspecified atom stereocenters. The number of aromatic nitrogens is 5. The van der Waals surface area contributed by atoms with Gasteiger partial charge in [0.25, 0.3) is 5.91 Å². The summed E-state index contributed by atoms with van der Waals surface area (Å²) in [6.07, 6.45) is 2.24. The Kier molecular flexibility index (Phi) is 4.79. The lowest BCUT2D eigenvalue weighted by Crippen LogP contribution is -2.13. The quantitative estimate of drug-likeness (QED) is 0.448. The van der Waals surface area contributed by atoms with Crippen LogP contribution < -0.4 is 5.32 Å². The third kappa shape index (κ3) is 3.71. The van der Waals surface area contributed by atoms with E-state index in [-0.39, 0.29) is 5.91 Å². The zero-order valence-electron chi connectivity index (χ0n) is 16.9. The van der Waals surface area contributed by atoms with Gasteiger partial charge >= 0.3 is 0 Å². The van der Waals surface area contributed by atoms with Crippen molar-refractivity contribution in [3.8, 4) is 11.5 Å². The van der Waals surface area contributed by atoms with Crippen LogP contribution >= 0.6 is 11.3 Å². The molecule has 154 valence electrons. The van der Waals surface area contributed by atoms with Crippen molar-refractivity contribution in [2.24, 2.45) is 7.05 Å². The molecule has 0 aliphatic heterocycles. The summed E-state index contributed by atoms with van der Waals surface area (Å²) in [6.45, 7) is 1.86. The molecule has 1 aromatic carbocycles. The summed E-state index contributed by atoms with van der Waals surface area (Å²) in [5.41, 5.74) is 3.50. The summed E-state index contributed by atoms with van der Waals surface area (Å²) in [5, 5.41) is 17.6. The highest BCUT2D eigenvalue weighted by Gasteiger charge is 2.21.